The number of carbonyl (C=O) groups excluding carboxylic acids is 1. The Labute approximate surface area is 162 Å². The Morgan fingerprint density at radius 1 is 1.30 bits per heavy atom. The molecule has 4 nitrogen and oxygen atoms in total. The minimum Gasteiger partial charge on any atom is -0.478 e. The van der Waals surface area contributed by atoms with Crippen molar-refractivity contribution in [2.45, 2.75) is 58.9 Å². The number of carboxylic acids is 1. The highest BCUT2D eigenvalue weighted by atomic mass is 16.4. The molecule has 2 rings (SSSR count). The quantitative estimate of drug-likeness (QED) is 0.633. The predicted molar refractivity (Wildman–Crippen MR) is 109 cm³/mol. The van der Waals surface area contributed by atoms with Gasteiger partial charge in [0.05, 0.1) is 11.6 Å². The van der Waals surface area contributed by atoms with Gasteiger partial charge in [-0.15, -0.1) is 0 Å². The van der Waals surface area contributed by atoms with Crippen LogP contribution in [0.4, 0.5) is 0 Å². The normalized spacial score (nSPS) is 18.1. The number of nitrogens with zero attached hydrogens (tertiary/aromatic N) is 1. The summed E-state index contributed by atoms with van der Waals surface area (Å²) in [5.74, 6) is -0.00429. The summed E-state index contributed by atoms with van der Waals surface area (Å²) in [6.07, 6.45) is 10.9. The highest BCUT2D eigenvalue weighted by Crippen LogP contribution is 2.21. The summed E-state index contributed by atoms with van der Waals surface area (Å²) in [6, 6.07) is 7.05. The van der Waals surface area contributed by atoms with Gasteiger partial charge in [-0.1, -0.05) is 49.8 Å². The second kappa shape index (κ2) is 10.1. The zero-order chi connectivity index (χ0) is 19.8. The molecule has 1 aliphatic rings. The van der Waals surface area contributed by atoms with E-state index < -0.39 is 5.97 Å². The average Bonchev–Trinajstić information content (AvgIpc) is 2.98. The van der Waals surface area contributed by atoms with Crippen LogP contribution >= 0.6 is 0 Å². The molecule has 4 heteroatoms. The second-order valence-corrected chi connectivity index (χ2v) is 7.78. The SMILES string of the molecule is C/C(=C\C=C\C1CCC(=O)N1CCc1ccc(C(=O)O)cc1)CCC(C)C. The van der Waals surface area contributed by atoms with Crippen molar-refractivity contribution in [2.24, 2.45) is 5.92 Å². The summed E-state index contributed by atoms with van der Waals surface area (Å²) in [5.41, 5.74) is 2.71. The first-order valence-electron chi connectivity index (χ1n) is 9.82. The Bertz CT molecular complexity index is 701. The zero-order valence-corrected chi connectivity index (χ0v) is 16.6. The topological polar surface area (TPSA) is 57.6 Å². The summed E-state index contributed by atoms with van der Waals surface area (Å²) in [5, 5.41) is 8.96. The number of allylic oxidation sites excluding steroid dienone is 3. The van der Waals surface area contributed by atoms with E-state index in [0.717, 1.165) is 24.8 Å². The van der Waals surface area contributed by atoms with Gasteiger partial charge in [-0.3, -0.25) is 4.79 Å². The van der Waals surface area contributed by atoms with E-state index in [1.807, 2.05) is 17.0 Å². The van der Waals surface area contributed by atoms with Gasteiger partial charge in [0.25, 0.3) is 0 Å². The Morgan fingerprint density at radius 2 is 2.00 bits per heavy atom. The number of hydrogen-bond acceptors (Lipinski definition) is 2. The van der Waals surface area contributed by atoms with Crippen LogP contribution in [0.25, 0.3) is 0 Å². The molecule has 1 amide bonds. The molecule has 0 radical (unpaired) electrons. The molecule has 27 heavy (non-hydrogen) atoms. The van der Waals surface area contributed by atoms with Crippen molar-refractivity contribution in [3.63, 3.8) is 0 Å². The smallest absolute Gasteiger partial charge is 0.335 e. The van der Waals surface area contributed by atoms with Crippen molar-refractivity contribution >= 4 is 11.9 Å². The van der Waals surface area contributed by atoms with Gasteiger partial charge >= 0.3 is 5.97 Å². The first-order valence-corrected chi connectivity index (χ1v) is 9.82. The van der Waals surface area contributed by atoms with Crippen LogP contribution in [0, 0.1) is 5.92 Å². The van der Waals surface area contributed by atoms with Crippen molar-refractivity contribution in [1.82, 2.24) is 4.90 Å². The summed E-state index contributed by atoms with van der Waals surface area (Å²) >= 11 is 0. The highest BCUT2D eigenvalue weighted by molar-refractivity contribution is 5.87. The maximum atomic E-state index is 12.2. The first-order chi connectivity index (χ1) is 12.9. The van der Waals surface area contributed by atoms with Gasteiger partial charge in [0.1, 0.15) is 0 Å². The fraction of sp³-hybridized carbons (Fsp3) is 0.478. The number of aromatic carboxylic acids is 1. The maximum absolute atomic E-state index is 12.2. The van der Waals surface area contributed by atoms with Crippen LogP contribution in [0.1, 0.15) is 62.4 Å². The van der Waals surface area contributed by atoms with Crippen molar-refractivity contribution in [3.05, 3.63) is 59.2 Å². The molecular formula is C23H31NO3. The van der Waals surface area contributed by atoms with Gasteiger partial charge in [-0.2, -0.15) is 0 Å². The fourth-order valence-electron chi connectivity index (χ4n) is 3.26. The summed E-state index contributed by atoms with van der Waals surface area (Å²) in [6.45, 7) is 7.29. The maximum Gasteiger partial charge on any atom is 0.335 e. The van der Waals surface area contributed by atoms with E-state index in [9.17, 15) is 9.59 Å². The molecule has 1 unspecified atom stereocenters. The van der Waals surface area contributed by atoms with Crippen LogP contribution in [0.5, 0.6) is 0 Å². The lowest BCUT2D eigenvalue weighted by Gasteiger charge is -2.22. The first kappa shape index (κ1) is 20.9. The molecule has 1 aromatic rings. The molecule has 0 spiro atoms. The number of amides is 1. The van der Waals surface area contributed by atoms with Crippen LogP contribution in [0.2, 0.25) is 0 Å². The minimum absolute atomic E-state index is 0.157. The van der Waals surface area contributed by atoms with Gasteiger partial charge in [0.2, 0.25) is 5.91 Å². The third kappa shape index (κ3) is 6.70. The molecule has 1 atom stereocenters. The van der Waals surface area contributed by atoms with E-state index in [0.29, 0.717) is 18.9 Å². The van der Waals surface area contributed by atoms with E-state index in [-0.39, 0.29) is 17.5 Å². The molecular weight excluding hydrogens is 338 g/mol. The van der Waals surface area contributed by atoms with Crippen LogP contribution in [-0.4, -0.2) is 34.5 Å². The molecule has 1 fully saturated rings. The van der Waals surface area contributed by atoms with Gasteiger partial charge in [-0.25, -0.2) is 4.79 Å². The summed E-state index contributed by atoms with van der Waals surface area (Å²) < 4.78 is 0. The van der Waals surface area contributed by atoms with Crippen molar-refractivity contribution in [1.29, 1.82) is 0 Å². The molecule has 1 aliphatic heterocycles. The van der Waals surface area contributed by atoms with Crippen molar-refractivity contribution in [2.75, 3.05) is 6.54 Å². The molecule has 1 aromatic carbocycles. The standard InChI is InChI=1S/C23H31NO3/c1-17(2)7-8-18(3)5-4-6-21-13-14-22(25)24(21)16-15-19-9-11-20(12-10-19)23(26)27/h4-6,9-12,17,21H,7-8,13-16H2,1-3H3,(H,26,27)/b6-4+,18-5+. The third-order valence-corrected chi connectivity index (χ3v) is 5.05. The van der Waals surface area contributed by atoms with E-state index in [4.69, 9.17) is 5.11 Å². The average molecular weight is 370 g/mol. The van der Waals surface area contributed by atoms with Crippen LogP contribution in [0.3, 0.4) is 0 Å². The Morgan fingerprint density at radius 3 is 2.63 bits per heavy atom. The molecule has 1 saturated heterocycles. The fourth-order valence-corrected chi connectivity index (χ4v) is 3.26. The largest absolute Gasteiger partial charge is 0.478 e. The van der Waals surface area contributed by atoms with E-state index in [2.05, 4.69) is 39.0 Å². The lowest BCUT2D eigenvalue weighted by Crippen LogP contribution is -2.33. The molecule has 0 bridgehead atoms. The number of carboxylic acid groups (broad SMARTS) is 1. The minimum atomic E-state index is -0.918. The molecule has 0 aromatic heterocycles. The van der Waals surface area contributed by atoms with Crippen LogP contribution in [0.15, 0.2) is 48.1 Å². The number of rotatable bonds is 9. The lowest BCUT2D eigenvalue weighted by molar-refractivity contribution is -0.128. The summed E-state index contributed by atoms with van der Waals surface area (Å²) in [7, 11) is 0. The lowest BCUT2D eigenvalue weighted by atomic mass is 10.0. The van der Waals surface area contributed by atoms with E-state index in [1.54, 1.807) is 12.1 Å². The molecule has 1 heterocycles. The van der Waals surface area contributed by atoms with E-state index in [1.165, 1.54) is 12.0 Å². The molecule has 0 saturated carbocycles. The van der Waals surface area contributed by atoms with Gasteiger partial charge in [-0.05, 0) is 56.2 Å². The number of benzene rings is 1. The Kier molecular flexibility index (Phi) is 7.83. The highest BCUT2D eigenvalue weighted by Gasteiger charge is 2.28. The van der Waals surface area contributed by atoms with Crippen LogP contribution in [-0.2, 0) is 11.2 Å². The van der Waals surface area contributed by atoms with Crippen molar-refractivity contribution < 1.29 is 14.7 Å². The molecule has 146 valence electrons. The zero-order valence-electron chi connectivity index (χ0n) is 16.6. The second-order valence-electron chi connectivity index (χ2n) is 7.78. The number of hydrogen-bond donors (Lipinski definition) is 1. The van der Waals surface area contributed by atoms with E-state index >= 15 is 0 Å². The van der Waals surface area contributed by atoms with Crippen molar-refractivity contribution in [3.8, 4) is 0 Å². The molecule has 1 N–H and O–H groups in total. The molecule has 0 aliphatic carbocycles. The van der Waals surface area contributed by atoms with Gasteiger partial charge in [0, 0.05) is 13.0 Å². The predicted octanol–water partition coefficient (Wildman–Crippen LogP) is 4.86. The summed E-state index contributed by atoms with van der Waals surface area (Å²) in [4.78, 5) is 25.1. The Balaban J connectivity index is 1.90. The monoisotopic (exact) mass is 369 g/mol. The Hall–Kier alpha value is -2.36. The number of likely N-dealkylation sites (tertiary alicyclic amines) is 1. The number of carbonyl (C=O) groups is 2. The van der Waals surface area contributed by atoms with Crippen LogP contribution < -0.4 is 0 Å². The third-order valence-electron chi connectivity index (χ3n) is 5.05. The van der Waals surface area contributed by atoms with Gasteiger partial charge < -0.3 is 10.0 Å². The van der Waals surface area contributed by atoms with Gasteiger partial charge in [0.15, 0.2) is 0 Å².